The Hall–Kier alpha value is -1.83. The molecule has 0 aromatic carbocycles. The summed E-state index contributed by atoms with van der Waals surface area (Å²) in [5.74, 6) is -0.287. The lowest BCUT2D eigenvalue weighted by Gasteiger charge is -2.35. The van der Waals surface area contributed by atoms with E-state index in [1.54, 1.807) is 16.7 Å². The van der Waals surface area contributed by atoms with E-state index in [2.05, 4.69) is 10.9 Å². The zero-order chi connectivity index (χ0) is 13.8. The van der Waals surface area contributed by atoms with Gasteiger partial charge in [0.1, 0.15) is 6.04 Å². The number of piperazine rings is 1. The predicted molar refractivity (Wildman–Crippen MR) is 64.9 cm³/mol. The van der Waals surface area contributed by atoms with Crippen molar-refractivity contribution in [3.8, 4) is 0 Å². The number of ether oxygens (including phenoxy) is 1. The van der Waals surface area contributed by atoms with E-state index >= 15 is 0 Å². The van der Waals surface area contributed by atoms with Crippen LogP contribution in [0.4, 0.5) is 4.79 Å². The maximum absolute atomic E-state index is 12.1. The van der Waals surface area contributed by atoms with Crippen molar-refractivity contribution in [3.63, 3.8) is 0 Å². The summed E-state index contributed by atoms with van der Waals surface area (Å²) in [6, 6.07) is -0.498. The third-order valence-electron chi connectivity index (χ3n) is 3.19. The SMILES string of the molecule is CCOC(=O)N1CCN(C(=O)C2CC(=O)NN2)CC1. The molecule has 2 aliphatic rings. The van der Waals surface area contributed by atoms with Crippen LogP contribution in [-0.2, 0) is 14.3 Å². The lowest BCUT2D eigenvalue weighted by Crippen LogP contribution is -2.54. The zero-order valence-electron chi connectivity index (χ0n) is 10.8. The summed E-state index contributed by atoms with van der Waals surface area (Å²) in [4.78, 5) is 37.9. The van der Waals surface area contributed by atoms with Gasteiger partial charge in [-0.15, -0.1) is 0 Å². The number of hydrogen-bond donors (Lipinski definition) is 2. The Labute approximate surface area is 111 Å². The van der Waals surface area contributed by atoms with Gasteiger partial charge < -0.3 is 14.5 Å². The molecular weight excluding hydrogens is 252 g/mol. The molecule has 8 nitrogen and oxygen atoms in total. The Bertz CT molecular complexity index is 379. The topological polar surface area (TPSA) is 91.0 Å². The minimum atomic E-state index is -0.498. The van der Waals surface area contributed by atoms with Gasteiger partial charge in [-0.25, -0.2) is 10.2 Å². The van der Waals surface area contributed by atoms with Gasteiger partial charge in [0.05, 0.1) is 13.0 Å². The maximum atomic E-state index is 12.1. The molecule has 0 spiro atoms. The van der Waals surface area contributed by atoms with E-state index in [4.69, 9.17) is 4.74 Å². The molecule has 2 heterocycles. The van der Waals surface area contributed by atoms with E-state index in [-0.39, 0.29) is 24.3 Å². The van der Waals surface area contributed by atoms with Gasteiger partial charge in [-0.3, -0.25) is 15.0 Å². The number of rotatable bonds is 2. The van der Waals surface area contributed by atoms with Gasteiger partial charge in [-0.1, -0.05) is 0 Å². The third kappa shape index (κ3) is 3.14. The summed E-state index contributed by atoms with van der Waals surface area (Å²) in [7, 11) is 0. The molecule has 0 radical (unpaired) electrons. The molecule has 19 heavy (non-hydrogen) atoms. The van der Waals surface area contributed by atoms with E-state index in [1.165, 1.54) is 0 Å². The molecule has 0 aromatic rings. The smallest absolute Gasteiger partial charge is 0.409 e. The molecular formula is C11H18N4O4. The average molecular weight is 270 g/mol. The fraction of sp³-hybridized carbons (Fsp3) is 0.727. The highest BCUT2D eigenvalue weighted by atomic mass is 16.6. The Morgan fingerprint density at radius 1 is 1.26 bits per heavy atom. The van der Waals surface area contributed by atoms with Gasteiger partial charge in [0.2, 0.25) is 11.8 Å². The van der Waals surface area contributed by atoms with Crippen LogP contribution in [0.3, 0.4) is 0 Å². The van der Waals surface area contributed by atoms with Gasteiger partial charge in [-0.05, 0) is 6.92 Å². The molecule has 0 aromatic heterocycles. The second kappa shape index (κ2) is 5.87. The van der Waals surface area contributed by atoms with E-state index in [0.717, 1.165) is 0 Å². The quantitative estimate of drug-likeness (QED) is 0.649. The molecule has 2 saturated heterocycles. The predicted octanol–water partition coefficient (Wildman–Crippen LogP) is -1.32. The summed E-state index contributed by atoms with van der Waals surface area (Å²) >= 11 is 0. The fourth-order valence-electron chi connectivity index (χ4n) is 2.15. The molecule has 0 saturated carbocycles. The summed E-state index contributed by atoms with van der Waals surface area (Å²) in [5.41, 5.74) is 5.07. The van der Waals surface area contributed by atoms with Crippen LogP contribution in [-0.4, -0.2) is 66.5 Å². The number of carbonyl (C=O) groups excluding carboxylic acids is 3. The highest BCUT2D eigenvalue weighted by molar-refractivity contribution is 5.90. The number of hydrazine groups is 1. The summed E-state index contributed by atoms with van der Waals surface area (Å²) in [5, 5.41) is 0. The van der Waals surface area contributed by atoms with E-state index < -0.39 is 6.04 Å². The van der Waals surface area contributed by atoms with Crippen LogP contribution >= 0.6 is 0 Å². The van der Waals surface area contributed by atoms with Crippen molar-refractivity contribution in [3.05, 3.63) is 0 Å². The first kappa shape index (κ1) is 13.6. The molecule has 2 aliphatic heterocycles. The van der Waals surface area contributed by atoms with Crippen molar-refractivity contribution in [1.82, 2.24) is 20.7 Å². The van der Waals surface area contributed by atoms with E-state index in [0.29, 0.717) is 32.8 Å². The van der Waals surface area contributed by atoms with Crippen LogP contribution in [0.5, 0.6) is 0 Å². The minimum absolute atomic E-state index is 0.109. The number of nitrogens with zero attached hydrogens (tertiary/aromatic N) is 2. The molecule has 1 unspecified atom stereocenters. The molecule has 2 rings (SSSR count). The zero-order valence-corrected chi connectivity index (χ0v) is 10.8. The van der Waals surface area contributed by atoms with Gasteiger partial charge in [0.25, 0.3) is 0 Å². The van der Waals surface area contributed by atoms with Crippen molar-refractivity contribution in [2.24, 2.45) is 0 Å². The van der Waals surface area contributed by atoms with Crippen molar-refractivity contribution in [1.29, 1.82) is 0 Å². The second-order valence-electron chi connectivity index (χ2n) is 4.46. The van der Waals surface area contributed by atoms with Crippen molar-refractivity contribution in [2.75, 3.05) is 32.8 Å². The van der Waals surface area contributed by atoms with Gasteiger partial charge in [-0.2, -0.15) is 0 Å². The largest absolute Gasteiger partial charge is 0.450 e. The number of nitrogens with one attached hydrogen (secondary N) is 2. The Morgan fingerprint density at radius 3 is 2.42 bits per heavy atom. The Balaban J connectivity index is 1.81. The van der Waals surface area contributed by atoms with Gasteiger partial charge in [0.15, 0.2) is 0 Å². The molecule has 2 N–H and O–H groups in total. The second-order valence-corrected chi connectivity index (χ2v) is 4.46. The Morgan fingerprint density at radius 2 is 1.89 bits per heavy atom. The van der Waals surface area contributed by atoms with Crippen LogP contribution < -0.4 is 10.9 Å². The van der Waals surface area contributed by atoms with E-state index in [1.807, 2.05) is 0 Å². The number of amides is 3. The molecule has 0 aliphatic carbocycles. The standard InChI is InChI=1S/C11H18N4O4/c1-2-19-11(18)15-5-3-14(4-6-15)10(17)8-7-9(16)13-12-8/h8,12H,2-7H2,1H3,(H,13,16). The maximum Gasteiger partial charge on any atom is 0.409 e. The van der Waals surface area contributed by atoms with Crippen LogP contribution in [0.2, 0.25) is 0 Å². The lowest BCUT2D eigenvalue weighted by molar-refractivity contribution is -0.135. The third-order valence-corrected chi connectivity index (χ3v) is 3.19. The highest BCUT2D eigenvalue weighted by Gasteiger charge is 2.33. The molecule has 3 amide bonds. The monoisotopic (exact) mass is 270 g/mol. The molecule has 1 atom stereocenters. The summed E-state index contributed by atoms with van der Waals surface area (Å²) < 4.78 is 4.91. The molecule has 8 heteroatoms. The Kier molecular flexibility index (Phi) is 4.20. The normalized spacial score (nSPS) is 23.2. The summed E-state index contributed by atoms with van der Waals surface area (Å²) in [6.45, 7) is 3.94. The van der Waals surface area contributed by atoms with Crippen LogP contribution in [0.1, 0.15) is 13.3 Å². The molecule has 2 fully saturated rings. The van der Waals surface area contributed by atoms with Crippen LogP contribution in [0.25, 0.3) is 0 Å². The van der Waals surface area contributed by atoms with Crippen molar-refractivity contribution in [2.45, 2.75) is 19.4 Å². The molecule has 106 valence electrons. The average Bonchev–Trinajstić information content (AvgIpc) is 2.85. The summed E-state index contributed by atoms with van der Waals surface area (Å²) in [6.07, 6.45) is -0.179. The van der Waals surface area contributed by atoms with Crippen LogP contribution in [0.15, 0.2) is 0 Å². The fourth-order valence-corrected chi connectivity index (χ4v) is 2.15. The first-order valence-electron chi connectivity index (χ1n) is 6.36. The molecule has 0 bridgehead atoms. The van der Waals surface area contributed by atoms with Gasteiger partial charge in [0, 0.05) is 26.2 Å². The lowest BCUT2D eigenvalue weighted by atomic mass is 10.2. The van der Waals surface area contributed by atoms with Gasteiger partial charge >= 0.3 is 6.09 Å². The van der Waals surface area contributed by atoms with Crippen LogP contribution in [0, 0.1) is 0 Å². The highest BCUT2D eigenvalue weighted by Crippen LogP contribution is 2.08. The number of carbonyl (C=O) groups is 3. The van der Waals surface area contributed by atoms with Crippen molar-refractivity contribution >= 4 is 17.9 Å². The van der Waals surface area contributed by atoms with E-state index in [9.17, 15) is 14.4 Å². The first-order valence-corrected chi connectivity index (χ1v) is 6.36. The minimum Gasteiger partial charge on any atom is -0.450 e. The first-order chi connectivity index (χ1) is 9.11. The number of hydrogen-bond acceptors (Lipinski definition) is 5. The van der Waals surface area contributed by atoms with Crippen molar-refractivity contribution < 1.29 is 19.1 Å².